The lowest BCUT2D eigenvalue weighted by Crippen LogP contribution is -2.35. The third-order valence-electron chi connectivity index (χ3n) is 6.62. The average Bonchev–Trinajstić information content (AvgIpc) is 3.13. The molecule has 26 heavy (non-hydrogen) atoms. The van der Waals surface area contributed by atoms with E-state index in [1.807, 2.05) is 6.20 Å². The van der Waals surface area contributed by atoms with Crippen LogP contribution in [0.5, 0.6) is 5.75 Å². The van der Waals surface area contributed by atoms with E-state index < -0.39 is 0 Å². The molecule has 4 nitrogen and oxygen atoms in total. The van der Waals surface area contributed by atoms with Gasteiger partial charge in [-0.3, -0.25) is 4.98 Å². The second-order valence-corrected chi connectivity index (χ2v) is 8.35. The predicted molar refractivity (Wildman–Crippen MR) is 104 cm³/mol. The molecule has 3 atom stereocenters. The highest BCUT2D eigenvalue weighted by Crippen LogP contribution is 2.41. The molecule has 0 bridgehead atoms. The topological polar surface area (TPSA) is 34.6 Å². The van der Waals surface area contributed by atoms with Crippen LogP contribution in [0.2, 0.25) is 0 Å². The zero-order valence-corrected chi connectivity index (χ0v) is 15.6. The van der Waals surface area contributed by atoms with Gasteiger partial charge >= 0.3 is 0 Å². The van der Waals surface area contributed by atoms with Crippen molar-refractivity contribution in [1.29, 1.82) is 0 Å². The van der Waals surface area contributed by atoms with Crippen LogP contribution < -0.4 is 9.64 Å². The maximum absolute atomic E-state index is 5.93. The number of rotatable bonds is 3. The smallest absolute Gasteiger partial charge is 0.161 e. The van der Waals surface area contributed by atoms with Gasteiger partial charge in [-0.25, -0.2) is 0 Å². The summed E-state index contributed by atoms with van der Waals surface area (Å²) in [6, 6.07) is 6.51. The number of pyridine rings is 1. The minimum Gasteiger partial charge on any atom is -0.488 e. The first-order chi connectivity index (χ1) is 12.8. The normalized spacial score (nSPS) is 27.9. The Balaban J connectivity index is 1.35. The number of ether oxygens (including phenoxy) is 2. The fourth-order valence-corrected chi connectivity index (χ4v) is 5.13. The van der Waals surface area contributed by atoms with Gasteiger partial charge in [0, 0.05) is 25.1 Å². The number of anilines is 1. The number of nitrogens with zero attached hydrogens (tertiary/aromatic N) is 2. The predicted octanol–water partition coefficient (Wildman–Crippen LogP) is 4.19. The first-order valence-electron chi connectivity index (χ1n) is 10.1. The zero-order valence-electron chi connectivity index (χ0n) is 15.6. The van der Waals surface area contributed by atoms with Gasteiger partial charge in [0.25, 0.3) is 0 Å². The van der Waals surface area contributed by atoms with Crippen LogP contribution >= 0.6 is 0 Å². The lowest BCUT2D eigenvalue weighted by molar-refractivity contribution is 0.180. The highest BCUT2D eigenvalue weighted by atomic mass is 16.5. The molecule has 1 saturated carbocycles. The summed E-state index contributed by atoms with van der Waals surface area (Å²) in [7, 11) is 0. The molecule has 5 rings (SSSR count). The summed E-state index contributed by atoms with van der Waals surface area (Å²) in [4.78, 5) is 7.13. The molecule has 2 fully saturated rings. The molecule has 4 heteroatoms. The number of aryl methyl sites for hydroxylation is 1. The van der Waals surface area contributed by atoms with Gasteiger partial charge in [0.2, 0.25) is 0 Å². The van der Waals surface area contributed by atoms with E-state index in [2.05, 4.69) is 35.0 Å². The molecule has 0 radical (unpaired) electrons. The summed E-state index contributed by atoms with van der Waals surface area (Å²) in [6.07, 6.45) is 7.27. The van der Waals surface area contributed by atoms with Crippen LogP contribution in [0.15, 0.2) is 24.4 Å². The molecular formula is C22H28N2O2. The molecule has 0 N–H and O–H groups in total. The Labute approximate surface area is 155 Å². The van der Waals surface area contributed by atoms with E-state index in [0.717, 1.165) is 61.9 Å². The Morgan fingerprint density at radius 1 is 1.19 bits per heavy atom. The fourth-order valence-electron chi connectivity index (χ4n) is 5.13. The lowest BCUT2D eigenvalue weighted by Gasteiger charge is -2.35. The summed E-state index contributed by atoms with van der Waals surface area (Å²) < 4.78 is 11.6. The van der Waals surface area contributed by atoms with Crippen LogP contribution in [-0.4, -0.2) is 37.9 Å². The van der Waals surface area contributed by atoms with Crippen molar-refractivity contribution in [3.05, 3.63) is 30.0 Å². The molecule has 0 amide bonds. The third-order valence-corrected chi connectivity index (χ3v) is 6.62. The molecule has 1 saturated heterocycles. The number of fused-ring (bicyclic) bond motifs is 4. The SMILES string of the molecule is Cc1ccc2ncc3c(c2c1)N(CC[C@H]1CCC2COC[C@@H]2C1)CCO3. The summed E-state index contributed by atoms with van der Waals surface area (Å²) in [5, 5.41) is 1.23. The van der Waals surface area contributed by atoms with Gasteiger partial charge in [0.1, 0.15) is 6.61 Å². The minimum absolute atomic E-state index is 0.759. The average molecular weight is 352 g/mol. The summed E-state index contributed by atoms with van der Waals surface area (Å²) in [6.45, 7) is 7.00. The Kier molecular flexibility index (Phi) is 4.24. The maximum Gasteiger partial charge on any atom is 0.161 e. The fraction of sp³-hybridized carbons (Fsp3) is 0.591. The van der Waals surface area contributed by atoms with E-state index in [1.54, 1.807) is 0 Å². The highest BCUT2D eigenvalue weighted by Gasteiger charge is 2.34. The van der Waals surface area contributed by atoms with Crippen LogP contribution in [0.25, 0.3) is 10.9 Å². The second kappa shape index (κ2) is 6.73. The molecule has 1 aliphatic carbocycles. The number of hydrogen-bond acceptors (Lipinski definition) is 4. The lowest BCUT2D eigenvalue weighted by atomic mass is 9.75. The quantitative estimate of drug-likeness (QED) is 0.829. The number of benzene rings is 1. The first kappa shape index (κ1) is 16.4. The standard InChI is InChI=1S/C22H28N2O2/c1-15-2-5-20-19(10-15)22-21(12-23-20)26-9-8-24(22)7-6-16-3-4-17-13-25-14-18(17)11-16/h2,5,10,12,16-18H,3-4,6-9,11,13-14H2,1H3/t16-,17?,18+/m1/s1. The van der Waals surface area contributed by atoms with E-state index in [1.165, 1.54) is 42.3 Å². The van der Waals surface area contributed by atoms with Gasteiger partial charge in [0.15, 0.2) is 5.75 Å². The molecule has 1 unspecified atom stereocenters. The Morgan fingerprint density at radius 2 is 2.12 bits per heavy atom. The van der Waals surface area contributed by atoms with Crippen LogP contribution in [0.3, 0.4) is 0 Å². The van der Waals surface area contributed by atoms with E-state index in [4.69, 9.17) is 9.47 Å². The van der Waals surface area contributed by atoms with Crippen molar-refractivity contribution in [2.75, 3.05) is 37.8 Å². The first-order valence-corrected chi connectivity index (χ1v) is 10.1. The van der Waals surface area contributed by atoms with Gasteiger partial charge in [-0.1, -0.05) is 18.1 Å². The summed E-state index contributed by atoms with van der Waals surface area (Å²) in [5.41, 5.74) is 3.59. The molecule has 1 aromatic heterocycles. The molecular weight excluding hydrogens is 324 g/mol. The van der Waals surface area contributed by atoms with Crippen molar-refractivity contribution in [3.63, 3.8) is 0 Å². The Bertz CT molecular complexity index is 806. The molecule has 138 valence electrons. The molecule has 2 aromatic rings. The van der Waals surface area contributed by atoms with Crippen molar-refractivity contribution in [2.45, 2.75) is 32.6 Å². The van der Waals surface area contributed by atoms with Crippen LogP contribution in [0.4, 0.5) is 5.69 Å². The second-order valence-electron chi connectivity index (χ2n) is 8.35. The molecule has 2 aliphatic heterocycles. The monoisotopic (exact) mass is 352 g/mol. The largest absolute Gasteiger partial charge is 0.488 e. The number of aromatic nitrogens is 1. The van der Waals surface area contributed by atoms with Gasteiger partial charge in [-0.05, 0) is 56.1 Å². The van der Waals surface area contributed by atoms with Gasteiger partial charge in [0.05, 0.1) is 23.9 Å². The van der Waals surface area contributed by atoms with Gasteiger partial charge in [-0.15, -0.1) is 0 Å². The third kappa shape index (κ3) is 2.94. The maximum atomic E-state index is 5.93. The van der Waals surface area contributed by atoms with E-state index in [9.17, 15) is 0 Å². The van der Waals surface area contributed by atoms with E-state index in [-0.39, 0.29) is 0 Å². The van der Waals surface area contributed by atoms with Crippen molar-refractivity contribution >= 4 is 16.6 Å². The molecule has 1 aromatic carbocycles. The molecule has 3 heterocycles. The van der Waals surface area contributed by atoms with E-state index in [0.29, 0.717) is 0 Å². The Morgan fingerprint density at radius 3 is 3.08 bits per heavy atom. The molecule has 3 aliphatic rings. The van der Waals surface area contributed by atoms with Gasteiger partial charge in [-0.2, -0.15) is 0 Å². The van der Waals surface area contributed by atoms with Gasteiger partial charge < -0.3 is 14.4 Å². The van der Waals surface area contributed by atoms with Crippen molar-refractivity contribution in [1.82, 2.24) is 4.98 Å². The Hall–Kier alpha value is -1.81. The number of hydrogen-bond donors (Lipinski definition) is 0. The van der Waals surface area contributed by atoms with Crippen LogP contribution in [0.1, 0.15) is 31.2 Å². The highest BCUT2D eigenvalue weighted by molar-refractivity contribution is 5.95. The molecule has 0 spiro atoms. The minimum atomic E-state index is 0.759. The van der Waals surface area contributed by atoms with Crippen LogP contribution in [0, 0.1) is 24.7 Å². The van der Waals surface area contributed by atoms with E-state index >= 15 is 0 Å². The van der Waals surface area contributed by atoms with Crippen LogP contribution in [-0.2, 0) is 4.74 Å². The summed E-state index contributed by atoms with van der Waals surface area (Å²) in [5.74, 6) is 3.45. The summed E-state index contributed by atoms with van der Waals surface area (Å²) >= 11 is 0. The zero-order chi connectivity index (χ0) is 17.5. The van der Waals surface area contributed by atoms with Crippen molar-refractivity contribution < 1.29 is 9.47 Å². The van der Waals surface area contributed by atoms with Crippen molar-refractivity contribution in [3.8, 4) is 5.75 Å². The van der Waals surface area contributed by atoms with Crippen molar-refractivity contribution in [2.24, 2.45) is 17.8 Å².